The van der Waals surface area contributed by atoms with Crippen molar-refractivity contribution < 1.29 is 27.5 Å². The Morgan fingerprint density at radius 3 is 2.21 bits per heavy atom. The van der Waals surface area contributed by atoms with Crippen LogP contribution >= 0.6 is 0 Å². The third-order valence-electron chi connectivity index (χ3n) is 4.22. The third-order valence-corrected chi connectivity index (χ3v) is 6.25. The monoisotopic (exact) mass is 405 g/mol. The Hall–Kier alpha value is -2.71. The van der Waals surface area contributed by atoms with Crippen molar-refractivity contribution in [2.24, 2.45) is 0 Å². The van der Waals surface area contributed by atoms with Gasteiger partial charge >= 0.3 is 11.9 Å². The van der Waals surface area contributed by atoms with E-state index >= 15 is 0 Å². The van der Waals surface area contributed by atoms with Crippen LogP contribution in [-0.4, -0.2) is 44.9 Å². The van der Waals surface area contributed by atoms with E-state index in [0.29, 0.717) is 11.1 Å². The normalized spacial score (nSPS) is 11.5. The second-order valence-electron chi connectivity index (χ2n) is 6.41. The Bertz CT molecular complexity index is 951. The molecule has 0 aliphatic heterocycles. The molecule has 0 saturated heterocycles. The zero-order chi connectivity index (χ0) is 20.9. The van der Waals surface area contributed by atoms with Gasteiger partial charge < -0.3 is 9.47 Å². The smallest absolute Gasteiger partial charge is 0.338 e. The molecule has 2 aromatic carbocycles. The molecule has 2 rings (SSSR count). The summed E-state index contributed by atoms with van der Waals surface area (Å²) < 4.78 is 36.3. The van der Waals surface area contributed by atoms with Gasteiger partial charge in [-0.25, -0.2) is 18.0 Å². The summed E-state index contributed by atoms with van der Waals surface area (Å²) >= 11 is 0. The fourth-order valence-corrected chi connectivity index (χ4v) is 3.73. The third kappa shape index (κ3) is 4.96. The fourth-order valence-electron chi connectivity index (χ4n) is 2.31. The number of methoxy groups -OCH3 is 1. The molecule has 0 spiro atoms. The van der Waals surface area contributed by atoms with E-state index in [4.69, 9.17) is 4.74 Å². The van der Waals surface area contributed by atoms with Crippen LogP contribution < -0.4 is 0 Å². The summed E-state index contributed by atoms with van der Waals surface area (Å²) in [6.07, 6.45) is 0. The molecule has 0 atom stereocenters. The molecule has 0 unspecified atom stereocenters. The topological polar surface area (TPSA) is 90.0 Å². The predicted octanol–water partition coefficient (Wildman–Crippen LogP) is 2.86. The van der Waals surface area contributed by atoms with Crippen molar-refractivity contribution in [3.05, 3.63) is 65.2 Å². The zero-order valence-corrected chi connectivity index (χ0v) is 17.0. The average molecular weight is 405 g/mol. The fraction of sp³-hybridized carbons (Fsp3) is 0.300. The van der Waals surface area contributed by atoms with Crippen LogP contribution in [0.2, 0.25) is 0 Å². The van der Waals surface area contributed by atoms with E-state index < -0.39 is 22.0 Å². The molecule has 0 fully saturated rings. The minimum atomic E-state index is -3.70. The molecular weight excluding hydrogens is 382 g/mol. The molecule has 0 heterocycles. The predicted molar refractivity (Wildman–Crippen MR) is 103 cm³/mol. The Kier molecular flexibility index (Phi) is 6.93. The van der Waals surface area contributed by atoms with Gasteiger partial charge in [0.05, 0.1) is 23.1 Å². The van der Waals surface area contributed by atoms with Crippen molar-refractivity contribution in [2.45, 2.75) is 31.4 Å². The second kappa shape index (κ2) is 8.99. The minimum Gasteiger partial charge on any atom is -0.465 e. The van der Waals surface area contributed by atoms with Crippen LogP contribution in [0.5, 0.6) is 0 Å². The van der Waals surface area contributed by atoms with Crippen molar-refractivity contribution in [1.29, 1.82) is 0 Å². The number of rotatable bonds is 7. The zero-order valence-electron chi connectivity index (χ0n) is 16.2. The first-order valence-corrected chi connectivity index (χ1v) is 10.0. The number of benzene rings is 2. The van der Waals surface area contributed by atoms with Crippen LogP contribution in [0.4, 0.5) is 0 Å². The van der Waals surface area contributed by atoms with Gasteiger partial charge in [-0.2, -0.15) is 4.31 Å². The summed E-state index contributed by atoms with van der Waals surface area (Å²) in [5, 5.41) is 0. The summed E-state index contributed by atoms with van der Waals surface area (Å²) in [5.74, 6) is -1.09. The number of hydrogen-bond donors (Lipinski definition) is 0. The molecule has 28 heavy (non-hydrogen) atoms. The molecule has 0 radical (unpaired) electrons. The molecular formula is C20H23NO6S. The van der Waals surface area contributed by atoms with Gasteiger partial charge in [-0.05, 0) is 49.7 Å². The molecule has 8 heteroatoms. The number of nitrogens with zero attached hydrogens (tertiary/aromatic N) is 1. The summed E-state index contributed by atoms with van der Waals surface area (Å²) in [7, 11) is -0.909. The second-order valence-corrected chi connectivity index (χ2v) is 8.40. The van der Waals surface area contributed by atoms with Crippen molar-refractivity contribution in [1.82, 2.24) is 4.31 Å². The van der Waals surface area contributed by atoms with Crippen LogP contribution in [-0.2, 0) is 26.1 Å². The molecule has 2 aromatic rings. The Balaban J connectivity index is 2.10. The van der Waals surface area contributed by atoms with Crippen LogP contribution in [0.25, 0.3) is 0 Å². The number of carbonyl (C=O) groups excluding carboxylic acids is 2. The number of sulfonamides is 1. The van der Waals surface area contributed by atoms with Gasteiger partial charge in [-0.15, -0.1) is 0 Å². The van der Waals surface area contributed by atoms with Crippen molar-refractivity contribution >= 4 is 22.0 Å². The van der Waals surface area contributed by atoms with Gasteiger partial charge in [-0.1, -0.05) is 18.2 Å². The highest BCUT2D eigenvalue weighted by Crippen LogP contribution is 2.18. The van der Waals surface area contributed by atoms with Crippen LogP contribution in [0.3, 0.4) is 0 Å². The van der Waals surface area contributed by atoms with Crippen molar-refractivity contribution in [2.75, 3.05) is 14.2 Å². The number of ether oxygens (including phenoxy) is 2. The minimum absolute atomic E-state index is 0.0108. The SMILES string of the molecule is COC(=O)c1ccc(COC(=O)c2cccc(S(=O)(=O)N(C)C(C)C)c2)cc1. The molecule has 7 nitrogen and oxygen atoms in total. The molecule has 0 bridgehead atoms. The first kappa shape index (κ1) is 21.6. The quantitative estimate of drug-likeness (QED) is 0.658. The maximum atomic E-state index is 12.6. The van der Waals surface area contributed by atoms with Crippen molar-refractivity contribution in [3.8, 4) is 0 Å². The summed E-state index contributed by atoms with van der Waals surface area (Å²) in [5.41, 5.74) is 1.22. The first-order chi connectivity index (χ1) is 13.2. The Morgan fingerprint density at radius 2 is 1.64 bits per heavy atom. The molecule has 0 aliphatic carbocycles. The molecule has 0 saturated carbocycles. The number of carbonyl (C=O) groups is 2. The lowest BCUT2D eigenvalue weighted by Gasteiger charge is -2.21. The lowest BCUT2D eigenvalue weighted by molar-refractivity contribution is 0.0471. The first-order valence-electron chi connectivity index (χ1n) is 8.59. The van der Waals surface area contributed by atoms with Gasteiger partial charge in [0, 0.05) is 13.1 Å². The highest BCUT2D eigenvalue weighted by atomic mass is 32.2. The van der Waals surface area contributed by atoms with Gasteiger partial charge in [0.15, 0.2) is 0 Å². The standard InChI is InChI=1S/C20H23NO6S/c1-14(2)21(3)28(24,25)18-7-5-6-17(12-18)20(23)27-13-15-8-10-16(11-9-15)19(22)26-4/h5-12,14H,13H2,1-4H3. The van der Waals surface area contributed by atoms with Gasteiger partial charge in [-0.3, -0.25) is 0 Å². The number of esters is 2. The van der Waals surface area contributed by atoms with E-state index in [1.165, 1.54) is 42.7 Å². The maximum Gasteiger partial charge on any atom is 0.338 e. The van der Waals surface area contributed by atoms with E-state index in [9.17, 15) is 18.0 Å². The van der Waals surface area contributed by atoms with E-state index in [-0.39, 0.29) is 23.1 Å². The highest BCUT2D eigenvalue weighted by molar-refractivity contribution is 7.89. The molecule has 150 valence electrons. The van der Waals surface area contributed by atoms with E-state index in [1.54, 1.807) is 38.1 Å². The van der Waals surface area contributed by atoms with Crippen LogP contribution in [0, 0.1) is 0 Å². The highest BCUT2D eigenvalue weighted by Gasteiger charge is 2.24. The summed E-state index contributed by atoms with van der Waals surface area (Å²) in [6.45, 7) is 3.52. The van der Waals surface area contributed by atoms with Gasteiger partial charge in [0.25, 0.3) is 0 Å². The Labute approximate surface area is 164 Å². The maximum absolute atomic E-state index is 12.6. The Morgan fingerprint density at radius 1 is 1.00 bits per heavy atom. The largest absolute Gasteiger partial charge is 0.465 e. The van der Waals surface area contributed by atoms with E-state index in [1.807, 2.05) is 0 Å². The summed E-state index contributed by atoms with van der Waals surface area (Å²) in [6, 6.07) is 12.0. The van der Waals surface area contributed by atoms with Gasteiger partial charge in [0.1, 0.15) is 6.61 Å². The van der Waals surface area contributed by atoms with E-state index in [2.05, 4.69) is 4.74 Å². The molecule has 0 amide bonds. The summed E-state index contributed by atoms with van der Waals surface area (Å²) in [4.78, 5) is 23.8. The van der Waals surface area contributed by atoms with Crippen LogP contribution in [0.1, 0.15) is 40.1 Å². The van der Waals surface area contributed by atoms with Crippen molar-refractivity contribution in [3.63, 3.8) is 0 Å². The lowest BCUT2D eigenvalue weighted by atomic mass is 10.1. The van der Waals surface area contributed by atoms with Crippen LogP contribution in [0.15, 0.2) is 53.4 Å². The lowest BCUT2D eigenvalue weighted by Crippen LogP contribution is -2.33. The molecule has 0 aliphatic rings. The molecule has 0 aromatic heterocycles. The number of hydrogen-bond acceptors (Lipinski definition) is 6. The average Bonchev–Trinajstić information content (AvgIpc) is 2.71. The molecule has 0 N–H and O–H groups in total. The van der Waals surface area contributed by atoms with Gasteiger partial charge in [0.2, 0.25) is 10.0 Å². The van der Waals surface area contributed by atoms with E-state index in [0.717, 1.165) is 0 Å².